The molecule has 1 saturated heterocycles. The summed E-state index contributed by atoms with van der Waals surface area (Å²) in [6, 6.07) is 0. The molecule has 64 valence electrons. The van der Waals surface area contributed by atoms with E-state index in [1.807, 2.05) is 6.92 Å². The van der Waals surface area contributed by atoms with E-state index >= 15 is 0 Å². The van der Waals surface area contributed by atoms with Crippen molar-refractivity contribution >= 4 is 5.95 Å². The van der Waals surface area contributed by atoms with E-state index in [4.69, 9.17) is 0 Å². The lowest BCUT2D eigenvalue weighted by atomic mass is 10.4. The largest absolute Gasteiger partial charge is 0.340 e. The quantitative estimate of drug-likeness (QED) is 0.615. The molecule has 0 N–H and O–H groups in total. The van der Waals surface area contributed by atoms with Crippen molar-refractivity contribution in [1.82, 2.24) is 15.2 Å². The normalized spacial score (nSPS) is 16.9. The van der Waals surface area contributed by atoms with Crippen LogP contribution in [0.4, 0.5) is 5.95 Å². The number of aryl methyl sites for hydroxylation is 1. The van der Waals surface area contributed by atoms with Crippen molar-refractivity contribution in [3.63, 3.8) is 0 Å². The summed E-state index contributed by atoms with van der Waals surface area (Å²) < 4.78 is 0. The van der Waals surface area contributed by atoms with E-state index in [1.165, 1.54) is 12.8 Å². The van der Waals surface area contributed by atoms with Crippen LogP contribution < -0.4 is 4.90 Å². The molecule has 12 heavy (non-hydrogen) atoms. The van der Waals surface area contributed by atoms with E-state index < -0.39 is 0 Å². The second-order valence-corrected chi connectivity index (χ2v) is 3.09. The van der Waals surface area contributed by atoms with Gasteiger partial charge in [0.2, 0.25) is 5.95 Å². The molecular weight excluding hydrogens is 152 g/mol. The van der Waals surface area contributed by atoms with Gasteiger partial charge in [0.05, 0.1) is 11.9 Å². The van der Waals surface area contributed by atoms with Gasteiger partial charge in [-0.3, -0.25) is 0 Å². The summed E-state index contributed by atoms with van der Waals surface area (Å²) in [5.41, 5.74) is 0.937. The standard InChI is InChI=1S/C8H12N4/c1-7-6-9-11-8(10-7)12-4-2-3-5-12/h6H,2-5H2,1H3. The van der Waals surface area contributed by atoms with Crippen LogP contribution in [0.15, 0.2) is 6.20 Å². The zero-order valence-electron chi connectivity index (χ0n) is 7.19. The molecule has 0 bridgehead atoms. The lowest BCUT2D eigenvalue weighted by Gasteiger charge is -2.13. The molecule has 0 aliphatic carbocycles. The van der Waals surface area contributed by atoms with Gasteiger partial charge in [-0.25, -0.2) is 4.98 Å². The Morgan fingerprint density at radius 2 is 2.08 bits per heavy atom. The Balaban J connectivity index is 2.21. The van der Waals surface area contributed by atoms with Crippen molar-refractivity contribution in [3.8, 4) is 0 Å². The highest BCUT2D eigenvalue weighted by Gasteiger charge is 2.14. The van der Waals surface area contributed by atoms with Gasteiger partial charge in [0.25, 0.3) is 0 Å². The monoisotopic (exact) mass is 164 g/mol. The van der Waals surface area contributed by atoms with Crippen LogP contribution in [-0.2, 0) is 0 Å². The molecule has 0 atom stereocenters. The Hall–Kier alpha value is -1.19. The molecule has 0 aromatic carbocycles. The van der Waals surface area contributed by atoms with Gasteiger partial charge in [0.15, 0.2) is 0 Å². The van der Waals surface area contributed by atoms with Gasteiger partial charge in [-0.15, -0.1) is 5.10 Å². The predicted molar refractivity (Wildman–Crippen MR) is 46.0 cm³/mol. The summed E-state index contributed by atoms with van der Waals surface area (Å²) >= 11 is 0. The topological polar surface area (TPSA) is 41.9 Å². The van der Waals surface area contributed by atoms with Gasteiger partial charge in [-0.1, -0.05) is 0 Å². The van der Waals surface area contributed by atoms with Gasteiger partial charge in [-0.05, 0) is 19.8 Å². The zero-order valence-corrected chi connectivity index (χ0v) is 7.19. The molecule has 2 heterocycles. The van der Waals surface area contributed by atoms with Crippen LogP contribution in [0.25, 0.3) is 0 Å². The summed E-state index contributed by atoms with van der Waals surface area (Å²) in [6.45, 7) is 4.09. The fourth-order valence-corrected chi connectivity index (χ4v) is 1.42. The number of aromatic nitrogens is 3. The molecule has 1 aliphatic rings. The van der Waals surface area contributed by atoms with Crippen LogP contribution in [0.3, 0.4) is 0 Å². The molecule has 0 radical (unpaired) electrons. The minimum absolute atomic E-state index is 0.785. The van der Waals surface area contributed by atoms with Crippen LogP contribution in [-0.4, -0.2) is 28.3 Å². The fraction of sp³-hybridized carbons (Fsp3) is 0.625. The summed E-state index contributed by atoms with van der Waals surface area (Å²) in [7, 11) is 0. The van der Waals surface area contributed by atoms with Crippen molar-refractivity contribution in [2.45, 2.75) is 19.8 Å². The van der Waals surface area contributed by atoms with E-state index in [2.05, 4.69) is 20.1 Å². The number of rotatable bonds is 1. The van der Waals surface area contributed by atoms with E-state index in [9.17, 15) is 0 Å². The minimum atomic E-state index is 0.785. The van der Waals surface area contributed by atoms with Crippen molar-refractivity contribution in [2.24, 2.45) is 0 Å². The number of anilines is 1. The summed E-state index contributed by atoms with van der Waals surface area (Å²) in [5.74, 6) is 0.785. The first-order chi connectivity index (χ1) is 5.86. The van der Waals surface area contributed by atoms with Gasteiger partial charge >= 0.3 is 0 Å². The van der Waals surface area contributed by atoms with E-state index in [0.29, 0.717) is 0 Å². The van der Waals surface area contributed by atoms with Crippen molar-refractivity contribution in [2.75, 3.05) is 18.0 Å². The summed E-state index contributed by atoms with van der Waals surface area (Å²) in [5, 5.41) is 7.86. The average Bonchev–Trinajstić information content (AvgIpc) is 2.56. The third kappa shape index (κ3) is 1.37. The Morgan fingerprint density at radius 1 is 1.33 bits per heavy atom. The van der Waals surface area contributed by atoms with Crippen molar-refractivity contribution < 1.29 is 0 Å². The minimum Gasteiger partial charge on any atom is -0.340 e. The predicted octanol–water partition coefficient (Wildman–Crippen LogP) is 0.780. The van der Waals surface area contributed by atoms with Crippen LogP contribution >= 0.6 is 0 Å². The number of hydrogen-bond donors (Lipinski definition) is 0. The molecule has 0 amide bonds. The van der Waals surface area contributed by atoms with Crippen LogP contribution in [0.5, 0.6) is 0 Å². The zero-order chi connectivity index (χ0) is 8.39. The third-order valence-corrected chi connectivity index (χ3v) is 2.06. The number of hydrogen-bond acceptors (Lipinski definition) is 4. The van der Waals surface area contributed by atoms with Crippen LogP contribution in [0, 0.1) is 6.92 Å². The second-order valence-electron chi connectivity index (χ2n) is 3.09. The molecule has 1 aromatic heterocycles. The maximum absolute atomic E-state index is 4.31. The smallest absolute Gasteiger partial charge is 0.245 e. The third-order valence-electron chi connectivity index (χ3n) is 2.06. The molecule has 2 rings (SSSR count). The first kappa shape index (κ1) is 7.46. The summed E-state index contributed by atoms with van der Waals surface area (Å²) in [4.78, 5) is 6.49. The average molecular weight is 164 g/mol. The maximum atomic E-state index is 4.31. The highest BCUT2D eigenvalue weighted by Crippen LogP contribution is 2.13. The van der Waals surface area contributed by atoms with Crippen LogP contribution in [0.2, 0.25) is 0 Å². The van der Waals surface area contributed by atoms with Gasteiger partial charge in [0.1, 0.15) is 0 Å². The van der Waals surface area contributed by atoms with E-state index in [1.54, 1.807) is 6.20 Å². The van der Waals surface area contributed by atoms with Crippen molar-refractivity contribution in [3.05, 3.63) is 11.9 Å². The van der Waals surface area contributed by atoms with E-state index in [-0.39, 0.29) is 0 Å². The lowest BCUT2D eigenvalue weighted by molar-refractivity contribution is 0.837. The van der Waals surface area contributed by atoms with E-state index in [0.717, 1.165) is 24.7 Å². The molecule has 4 nitrogen and oxygen atoms in total. The highest BCUT2D eigenvalue weighted by atomic mass is 15.3. The first-order valence-corrected chi connectivity index (χ1v) is 4.27. The Bertz CT molecular complexity index is 268. The number of nitrogens with zero attached hydrogens (tertiary/aromatic N) is 4. The van der Waals surface area contributed by atoms with Gasteiger partial charge in [-0.2, -0.15) is 5.10 Å². The molecule has 1 aliphatic heterocycles. The van der Waals surface area contributed by atoms with Crippen molar-refractivity contribution in [1.29, 1.82) is 0 Å². The molecular formula is C8H12N4. The Morgan fingerprint density at radius 3 is 2.75 bits per heavy atom. The van der Waals surface area contributed by atoms with Gasteiger partial charge in [0, 0.05) is 13.1 Å². The Labute approximate surface area is 71.6 Å². The lowest BCUT2D eigenvalue weighted by Crippen LogP contribution is -2.21. The Kier molecular flexibility index (Phi) is 1.89. The van der Waals surface area contributed by atoms with Crippen LogP contribution in [0.1, 0.15) is 18.5 Å². The highest BCUT2D eigenvalue weighted by molar-refractivity contribution is 5.29. The maximum Gasteiger partial charge on any atom is 0.245 e. The molecule has 1 aromatic rings. The molecule has 0 saturated carbocycles. The summed E-state index contributed by atoms with van der Waals surface area (Å²) in [6.07, 6.45) is 4.17. The SMILES string of the molecule is Cc1cnnc(N2CCCC2)n1. The molecule has 0 unspecified atom stereocenters. The molecule has 0 spiro atoms. The first-order valence-electron chi connectivity index (χ1n) is 4.27. The second kappa shape index (κ2) is 3.05. The molecule has 1 fully saturated rings. The molecule has 4 heteroatoms. The van der Waals surface area contributed by atoms with Gasteiger partial charge < -0.3 is 4.90 Å². The fourth-order valence-electron chi connectivity index (χ4n) is 1.42.